The SMILES string of the molecule is COc1ccc(C(NC(=O)c2cc(S(=O)(=O)N3CCCC3)c(C)o2)C(C)C)cc1. The molecular formula is C21H28N2O5S. The highest BCUT2D eigenvalue weighted by Crippen LogP contribution is 2.28. The molecular weight excluding hydrogens is 392 g/mol. The van der Waals surface area contributed by atoms with Crippen molar-refractivity contribution in [3.05, 3.63) is 47.4 Å². The van der Waals surface area contributed by atoms with Gasteiger partial charge in [0.1, 0.15) is 16.4 Å². The molecule has 1 aromatic heterocycles. The van der Waals surface area contributed by atoms with Gasteiger partial charge in [-0.2, -0.15) is 4.31 Å². The summed E-state index contributed by atoms with van der Waals surface area (Å²) in [4.78, 5) is 12.9. The number of carbonyl (C=O) groups excluding carboxylic acids is 1. The number of aryl methyl sites for hydroxylation is 1. The number of hydrogen-bond acceptors (Lipinski definition) is 5. The van der Waals surface area contributed by atoms with Gasteiger partial charge in [-0.05, 0) is 43.4 Å². The van der Waals surface area contributed by atoms with Gasteiger partial charge >= 0.3 is 0 Å². The van der Waals surface area contributed by atoms with Crippen LogP contribution >= 0.6 is 0 Å². The zero-order valence-corrected chi connectivity index (χ0v) is 18.1. The van der Waals surface area contributed by atoms with Gasteiger partial charge in [0.15, 0.2) is 5.76 Å². The third-order valence-electron chi connectivity index (χ3n) is 5.21. The van der Waals surface area contributed by atoms with Crippen LogP contribution < -0.4 is 10.1 Å². The van der Waals surface area contributed by atoms with Crippen molar-refractivity contribution in [1.29, 1.82) is 0 Å². The first-order chi connectivity index (χ1) is 13.7. The van der Waals surface area contributed by atoms with Crippen LogP contribution in [0, 0.1) is 12.8 Å². The number of amides is 1. The molecule has 1 unspecified atom stereocenters. The van der Waals surface area contributed by atoms with Crippen LogP contribution in [0.4, 0.5) is 0 Å². The Morgan fingerprint density at radius 1 is 1.17 bits per heavy atom. The van der Waals surface area contributed by atoms with Crippen LogP contribution in [0.25, 0.3) is 0 Å². The molecule has 8 heteroatoms. The molecule has 1 atom stereocenters. The van der Waals surface area contributed by atoms with E-state index in [4.69, 9.17) is 9.15 Å². The molecule has 0 spiro atoms. The molecule has 0 radical (unpaired) electrons. The number of rotatable bonds is 7. The largest absolute Gasteiger partial charge is 0.497 e. The Morgan fingerprint density at radius 2 is 1.79 bits per heavy atom. The number of furan rings is 1. The van der Waals surface area contributed by atoms with Crippen molar-refractivity contribution in [2.75, 3.05) is 20.2 Å². The van der Waals surface area contributed by atoms with E-state index in [9.17, 15) is 13.2 Å². The number of benzene rings is 1. The monoisotopic (exact) mass is 420 g/mol. The fourth-order valence-electron chi connectivity index (χ4n) is 3.56. The molecule has 2 heterocycles. The summed E-state index contributed by atoms with van der Waals surface area (Å²) in [5.74, 6) is 0.648. The van der Waals surface area contributed by atoms with Crippen LogP contribution in [-0.2, 0) is 10.0 Å². The Morgan fingerprint density at radius 3 is 2.34 bits per heavy atom. The smallest absolute Gasteiger partial charge is 0.287 e. The normalized spacial score (nSPS) is 16.2. The molecule has 7 nitrogen and oxygen atoms in total. The van der Waals surface area contributed by atoms with Gasteiger partial charge in [0.2, 0.25) is 10.0 Å². The highest BCUT2D eigenvalue weighted by Gasteiger charge is 2.32. The third-order valence-corrected chi connectivity index (χ3v) is 7.21. The molecule has 1 fully saturated rings. The lowest BCUT2D eigenvalue weighted by Gasteiger charge is -2.22. The molecule has 3 rings (SSSR count). The quantitative estimate of drug-likeness (QED) is 0.740. The van der Waals surface area contributed by atoms with Gasteiger partial charge in [-0.25, -0.2) is 8.42 Å². The van der Waals surface area contributed by atoms with E-state index in [1.807, 2.05) is 38.1 Å². The molecule has 1 aliphatic heterocycles. The number of hydrogen-bond donors (Lipinski definition) is 1. The molecule has 1 saturated heterocycles. The lowest BCUT2D eigenvalue weighted by atomic mass is 9.96. The predicted molar refractivity (Wildman–Crippen MR) is 109 cm³/mol. The minimum atomic E-state index is -3.64. The highest BCUT2D eigenvalue weighted by atomic mass is 32.2. The molecule has 0 bridgehead atoms. The second kappa shape index (κ2) is 8.59. The molecule has 158 valence electrons. The summed E-state index contributed by atoms with van der Waals surface area (Å²) in [5, 5.41) is 2.97. The molecule has 29 heavy (non-hydrogen) atoms. The zero-order chi connectivity index (χ0) is 21.2. The summed E-state index contributed by atoms with van der Waals surface area (Å²) in [6, 6.07) is 8.57. The summed E-state index contributed by atoms with van der Waals surface area (Å²) in [7, 11) is -2.04. The van der Waals surface area contributed by atoms with E-state index in [0.29, 0.717) is 13.1 Å². The Kier molecular flexibility index (Phi) is 6.33. The number of methoxy groups -OCH3 is 1. The van der Waals surface area contributed by atoms with Crippen molar-refractivity contribution in [2.24, 2.45) is 5.92 Å². The van der Waals surface area contributed by atoms with E-state index in [-0.39, 0.29) is 28.4 Å². The van der Waals surface area contributed by atoms with E-state index >= 15 is 0 Å². The fourth-order valence-corrected chi connectivity index (χ4v) is 5.24. The Bertz CT molecular complexity index is 957. The number of sulfonamides is 1. The van der Waals surface area contributed by atoms with Gasteiger partial charge in [-0.15, -0.1) is 0 Å². The van der Waals surface area contributed by atoms with Gasteiger partial charge in [0.25, 0.3) is 5.91 Å². The number of nitrogens with zero attached hydrogens (tertiary/aromatic N) is 1. The molecule has 1 aliphatic rings. The molecule has 1 N–H and O–H groups in total. The minimum absolute atomic E-state index is 0.000524. The van der Waals surface area contributed by atoms with Gasteiger partial charge in [0, 0.05) is 19.2 Å². The first-order valence-corrected chi connectivity index (χ1v) is 11.2. The van der Waals surface area contributed by atoms with Crippen LogP contribution in [0.5, 0.6) is 5.75 Å². The minimum Gasteiger partial charge on any atom is -0.497 e. The van der Waals surface area contributed by atoms with E-state index in [2.05, 4.69) is 5.32 Å². The van der Waals surface area contributed by atoms with Gasteiger partial charge in [-0.1, -0.05) is 26.0 Å². The molecule has 1 aromatic carbocycles. The second-order valence-electron chi connectivity index (χ2n) is 7.61. The molecule has 0 aliphatic carbocycles. The van der Waals surface area contributed by atoms with Crippen molar-refractivity contribution in [1.82, 2.24) is 9.62 Å². The lowest BCUT2D eigenvalue weighted by molar-refractivity contribution is 0.0896. The molecule has 1 amide bonds. The summed E-state index contributed by atoms with van der Waals surface area (Å²) in [6.07, 6.45) is 1.70. The maximum Gasteiger partial charge on any atom is 0.287 e. The number of carbonyl (C=O) groups is 1. The second-order valence-corrected chi connectivity index (χ2v) is 9.52. The van der Waals surface area contributed by atoms with Crippen LogP contribution in [0.1, 0.15) is 54.6 Å². The van der Waals surface area contributed by atoms with E-state index in [1.165, 1.54) is 10.4 Å². The van der Waals surface area contributed by atoms with Crippen LogP contribution in [0.3, 0.4) is 0 Å². The zero-order valence-electron chi connectivity index (χ0n) is 17.3. The van der Waals surface area contributed by atoms with Crippen LogP contribution in [0.2, 0.25) is 0 Å². The summed E-state index contributed by atoms with van der Waals surface area (Å²) < 4.78 is 37.8. The Labute approximate surface area is 172 Å². The Balaban J connectivity index is 1.82. The van der Waals surface area contributed by atoms with E-state index < -0.39 is 15.9 Å². The summed E-state index contributed by atoms with van der Waals surface area (Å²) >= 11 is 0. The lowest BCUT2D eigenvalue weighted by Crippen LogP contribution is -2.31. The topological polar surface area (TPSA) is 88.8 Å². The predicted octanol–water partition coefficient (Wildman–Crippen LogP) is 3.51. The van der Waals surface area contributed by atoms with Crippen molar-refractivity contribution in [3.8, 4) is 5.75 Å². The number of ether oxygens (including phenoxy) is 1. The van der Waals surface area contributed by atoms with E-state index in [0.717, 1.165) is 24.2 Å². The summed E-state index contributed by atoms with van der Waals surface area (Å²) in [5.41, 5.74) is 0.933. The van der Waals surface area contributed by atoms with Crippen molar-refractivity contribution < 1.29 is 22.4 Å². The van der Waals surface area contributed by atoms with Crippen LogP contribution in [-0.4, -0.2) is 38.8 Å². The van der Waals surface area contributed by atoms with E-state index in [1.54, 1.807) is 14.0 Å². The van der Waals surface area contributed by atoms with Gasteiger partial charge < -0.3 is 14.5 Å². The van der Waals surface area contributed by atoms with Crippen LogP contribution in [0.15, 0.2) is 39.6 Å². The first kappa shape index (κ1) is 21.4. The van der Waals surface area contributed by atoms with Crippen molar-refractivity contribution >= 4 is 15.9 Å². The highest BCUT2D eigenvalue weighted by molar-refractivity contribution is 7.89. The third kappa shape index (κ3) is 4.48. The maximum atomic E-state index is 12.8. The molecule has 0 saturated carbocycles. The maximum absolute atomic E-state index is 12.8. The summed E-state index contributed by atoms with van der Waals surface area (Å²) in [6.45, 7) is 6.59. The average Bonchev–Trinajstić information content (AvgIpc) is 3.36. The average molecular weight is 421 g/mol. The number of nitrogens with one attached hydrogen (secondary N) is 1. The van der Waals surface area contributed by atoms with Crippen molar-refractivity contribution in [2.45, 2.75) is 44.6 Å². The fraction of sp³-hybridized carbons (Fsp3) is 0.476. The first-order valence-electron chi connectivity index (χ1n) is 9.79. The van der Waals surface area contributed by atoms with Gasteiger partial charge in [-0.3, -0.25) is 4.79 Å². The van der Waals surface area contributed by atoms with Crippen molar-refractivity contribution in [3.63, 3.8) is 0 Å². The standard InChI is InChI=1S/C21H28N2O5S/c1-14(2)20(16-7-9-17(27-4)10-8-16)22-21(24)18-13-19(15(3)28-18)29(25,26)23-11-5-6-12-23/h7-10,13-14,20H,5-6,11-12H2,1-4H3,(H,22,24). The Hall–Kier alpha value is -2.32. The molecule has 2 aromatic rings. The van der Waals surface area contributed by atoms with Gasteiger partial charge in [0.05, 0.1) is 13.2 Å².